The van der Waals surface area contributed by atoms with Gasteiger partial charge in [-0.2, -0.15) is 21.4 Å². The van der Waals surface area contributed by atoms with E-state index >= 15 is 0 Å². The molecule has 2 aliphatic heterocycles. The van der Waals surface area contributed by atoms with Crippen molar-refractivity contribution >= 4 is 78.7 Å². The molecule has 0 fully saturated rings. The van der Waals surface area contributed by atoms with Gasteiger partial charge in [0.15, 0.2) is 24.7 Å². The van der Waals surface area contributed by atoms with Crippen LogP contribution in [-0.4, -0.2) is 134 Å². The van der Waals surface area contributed by atoms with Crippen molar-refractivity contribution in [2.24, 2.45) is 0 Å². The number of allylic oxidation sites excluding steroid dienone is 7. The van der Waals surface area contributed by atoms with Crippen LogP contribution in [-0.2, 0) is 78.2 Å². The summed E-state index contributed by atoms with van der Waals surface area (Å²) in [5.41, 5.74) is 3.12. The lowest BCUT2D eigenvalue weighted by molar-refractivity contribution is -0.703. The van der Waals surface area contributed by atoms with Crippen LogP contribution in [0.1, 0.15) is 102 Å². The van der Waals surface area contributed by atoms with E-state index in [4.69, 9.17) is 4.74 Å². The molecular weight excluding hydrogens is 1270 g/mol. The monoisotopic (exact) mass is 1340 g/mol. The van der Waals surface area contributed by atoms with Crippen LogP contribution in [0.3, 0.4) is 0 Å². The van der Waals surface area contributed by atoms with Gasteiger partial charge in [-0.3, -0.25) is 23.0 Å². The number of fused-ring (bicyclic) bond motifs is 2. The Morgan fingerprint density at radius 1 is 0.761 bits per heavy atom. The molecule has 0 saturated heterocycles. The van der Waals surface area contributed by atoms with Crippen LogP contribution < -0.4 is 19.5 Å². The Labute approximate surface area is 510 Å². The zero-order valence-corrected chi connectivity index (χ0v) is 53.3. The van der Waals surface area contributed by atoms with E-state index < -0.39 is 94.8 Å². The molecule has 3 aliphatic rings. The van der Waals surface area contributed by atoms with Crippen LogP contribution >= 0.6 is 15.2 Å². The highest BCUT2D eigenvalue weighted by Gasteiger charge is 2.59. The molecule has 1 atom stereocenters. The standard InChI is InChI=1S/C56H70N4O22P2S4/c1-54(2)46-33-44(87(76,77)78)20-22-48(46)59(28-7-5-6-13-52(62)57-36-41(61)37-58-30-26-38(27-31-58)35-56(63,83(64,65)66)84(67,68)69)50(54)24-14-39-11-10-12-40(53(39)82-42-16-18-43(19-17-42)86(73,74)75)15-25-51-55(3,4)47-34-45(88(79,80)81)21-23-49(47)60(51)29-8-9-32-85(70,71)72/h14-27,30-31,33-34,41,61,63H,5-13,28-29,32,35-37H2,1-4H3,(H7-2,57,62,64,65,66,67,68,69,70,71,72,73,74,75,76,77,78,79,80,81). The van der Waals surface area contributed by atoms with Gasteiger partial charge in [0.2, 0.25) is 11.6 Å². The predicted octanol–water partition coefficient (Wildman–Crippen LogP) is 5.04. The molecule has 1 amide bonds. The van der Waals surface area contributed by atoms with Gasteiger partial charge >= 0.3 is 15.2 Å². The maximum atomic E-state index is 13.0. The molecule has 4 aromatic rings. The second-order valence-corrected chi connectivity index (χ2v) is 32.5. The van der Waals surface area contributed by atoms with E-state index in [0.29, 0.717) is 95.9 Å². The molecule has 1 aromatic heterocycles. The van der Waals surface area contributed by atoms with Gasteiger partial charge in [-0.05, 0) is 141 Å². The molecule has 1 unspecified atom stereocenters. The molecule has 9 N–H and O–H groups in total. The van der Waals surface area contributed by atoms with Gasteiger partial charge in [-0.1, -0.05) is 26.3 Å². The van der Waals surface area contributed by atoms with Gasteiger partial charge in [0.25, 0.3) is 25.3 Å². The lowest BCUT2D eigenvalue weighted by atomic mass is 9.81. The predicted molar refractivity (Wildman–Crippen MR) is 318 cm³/mol. The normalized spacial score (nSPS) is 17.9. The fourth-order valence-corrected chi connectivity index (χ4v) is 15.1. The Bertz CT molecular complexity index is 4060. The van der Waals surface area contributed by atoms with Gasteiger partial charge in [0, 0.05) is 84.7 Å². The summed E-state index contributed by atoms with van der Waals surface area (Å²) in [7, 11) is -30.0. The lowest BCUT2D eigenvalue weighted by Gasteiger charge is -2.29. The number of aliphatic hydroxyl groups excluding tert-OH is 1. The number of carbonyl (C=O) groups excluding carboxylic acids is 1. The molecule has 0 saturated carbocycles. The van der Waals surface area contributed by atoms with Crippen LogP contribution in [0.15, 0.2) is 147 Å². The molecule has 88 heavy (non-hydrogen) atoms. The van der Waals surface area contributed by atoms with E-state index in [2.05, 4.69) is 5.32 Å². The number of amides is 1. The average Bonchev–Trinajstić information content (AvgIpc) is 1.62. The van der Waals surface area contributed by atoms with Crippen LogP contribution in [0.5, 0.6) is 5.75 Å². The Morgan fingerprint density at radius 3 is 1.98 bits per heavy atom. The second kappa shape index (κ2) is 26.7. The minimum absolute atomic E-state index is 0.0194. The summed E-state index contributed by atoms with van der Waals surface area (Å²) < 4.78 is 174. The number of nitrogens with one attached hydrogen (secondary N) is 1. The largest absolute Gasteiger partial charge is 0.748 e. The van der Waals surface area contributed by atoms with Gasteiger partial charge < -0.3 is 53.8 Å². The summed E-state index contributed by atoms with van der Waals surface area (Å²) in [6.45, 7) is 7.80. The third-order valence-corrected chi connectivity index (χ3v) is 22.7. The van der Waals surface area contributed by atoms with Crippen molar-refractivity contribution in [2.75, 3.05) is 30.3 Å². The number of benzene rings is 3. The minimum Gasteiger partial charge on any atom is -0.748 e. The zero-order chi connectivity index (χ0) is 65.2. The highest BCUT2D eigenvalue weighted by molar-refractivity contribution is 7.86. The molecule has 0 radical (unpaired) electrons. The zero-order valence-electron chi connectivity index (χ0n) is 48.2. The molecule has 3 aromatic carbocycles. The Hall–Kier alpha value is -5.63. The summed E-state index contributed by atoms with van der Waals surface area (Å²) in [5, 5.41) is 20.0. The van der Waals surface area contributed by atoms with Crippen LogP contribution in [0.4, 0.5) is 11.4 Å². The first-order valence-corrected chi connectivity index (χ1v) is 36.6. The van der Waals surface area contributed by atoms with Crippen molar-refractivity contribution in [3.8, 4) is 5.75 Å². The first-order valence-electron chi connectivity index (χ1n) is 27.5. The first kappa shape index (κ1) is 69.8. The van der Waals surface area contributed by atoms with Gasteiger partial charge in [-0.15, -0.1) is 0 Å². The highest BCUT2D eigenvalue weighted by atomic mass is 32.2. The number of hydrogen-bond acceptors (Lipinski definition) is 17. The summed E-state index contributed by atoms with van der Waals surface area (Å²) >= 11 is 0. The van der Waals surface area contributed by atoms with Crippen molar-refractivity contribution in [1.29, 1.82) is 0 Å². The number of nitrogens with zero attached hydrogens (tertiary/aromatic N) is 3. The maximum Gasteiger partial charge on any atom is 0.369 e. The summed E-state index contributed by atoms with van der Waals surface area (Å²) in [4.78, 5) is 51.7. The van der Waals surface area contributed by atoms with E-state index in [1.807, 2.05) is 61.5 Å². The van der Waals surface area contributed by atoms with Crippen molar-refractivity contribution in [2.45, 2.75) is 135 Å². The van der Waals surface area contributed by atoms with Crippen molar-refractivity contribution in [3.63, 3.8) is 0 Å². The third-order valence-electron chi connectivity index (χ3n) is 15.6. The van der Waals surface area contributed by atoms with E-state index in [-0.39, 0.29) is 65.9 Å². The summed E-state index contributed by atoms with van der Waals surface area (Å²) in [6, 6.07) is 15.9. The molecule has 0 spiro atoms. The maximum absolute atomic E-state index is 13.0. The molecule has 26 nitrogen and oxygen atoms in total. The average molecular weight is 1340 g/mol. The highest BCUT2D eigenvalue weighted by Crippen LogP contribution is 2.68. The number of aliphatic hydroxyl groups is 2. The number of hydrogen-bond donors (Lipinski definition) is 9. The number of pyridine rings is 1. The minimum atomic E-state index is -5.69. The van der Waals surface area contributed by atoms with Crippen molar-refractivity contribution in [3.05, 3.63) is 149 Å². The second-order valence-electron chi connectivity index (χ2n) is 22.7. The number of unbranched alkanes of at least 4 members (excludes halogenated alkanes) is 3. The number of anilines is 1. The van der Waals surface area contributed by atoms with E-state index in [1.54, 1.807) is 6.07 Å². The molecule has 7 rings (SSSR count). The number of aromatic nitrogens is 1. The molecular formula is C56H70N4O22P2S4. The quantitative estimate of drug-likeness (QED) is 0.0163. The smallest absolute Gasteiger partial charge is 0.369 e. The van der Waals surface area contributed by atoms with E-state index in [0.717, 1.165) is 0 Å². The molecule has 32 heteroatoms. The van der Waals surface area contributed by atoms with Gasteiger partial charge in [-0.25, -0.2) is 21.4 Å². The fraction of sp³-hybridized carbons (Fsp3) is 0.411. The lowest BCUT2D eigenvalue weighted by Crippen LogP contribution is -2.44. The van der Waals surface area contributed by atoms with Crippen LogP contribution in [0, 0.1) is 0 Å². The van der Waals surface area contributed by atoms with Crippen LogP contribution in [0.25, 0.3) is 0 Å². The van der Waals surface area contributed by atoms with E-state index in [1.165, 1.54) is 83.7 Å². The SMILES string of the molecule is CC1(C)C(/C=C\C2=C(Oc3ccc(S(=O)(=O)O)cc3)C(=C/C=C3\N(CCCCCC(=O)NCC(O)C[n+]4ccc(CC(O)(P(=O)(O)O)P(=O)(O)O)cc4)c4ccc(S(=O)(=O)O)cc4C3(C)C)/CCC2)=[N+](CCCCS(=O)(=O)[O-])c2ccc(S(=O)(=O)[O-])cc21. The van der Waals surface area contributed by atoms with Gasteiger partial charge in [0.1, 0.15) is 34.3 Å². The Balaban J connectivity index is 1.14. The first-order chi connectivity index (χ1) is 40.6. The number of ether oxygens (including phenoxy) is 1. The third kappa shape index (κ3) is 16.7. The summed E-state index contributed by atoms with van der Waals surface area (Å²) in [5.74, 6) is -0.399. The van der Waals surface area contributed by atoms with Crippen molar-refractivity contribution in [1.82, 2.24) is 5.32 Å². The molecule has 1 aliphatic carbocycles. The van der Waals surface area contributed by atoms with Gasteiger partial charge in [0.05, 0.1) is 30.2 Å². The van der Waals surface area contributed by atoms with E-state index in [9.17, 15) is 95.6 Å². The van der Waals surface area contributed by atoms with Crippen LogP contribution in [0.2, 0.25) is 0 Å². The summed E-state index contributed by atoms with van der Waals surface area (Å²) in [6.07, 6.45) is 11.2. The Morgan fingerprint density at radius 2 is 1.38 bits per heavy atom. The topological polar surface area (TPSA) is 427 Å². The Kier molecular flexibility index (Phi) is 21.2. The van der Waals surface area contributed by atoms with Crippen molar-refractivity contribution < 1.29 is 109 Å². The molecule has 480 valence electrons. The number of carbonyl (C=O) groups is 1. The fourth-order valence-electron chi connectivity index (χ4n) is 10.9. The molecule has 0 bridgehead atoms. The number of rotatable bonds is 27. The molecule has 3 heterocycles.